The summed E-state index contributed by atoms with van der Waals surface area (Å²) in [6.45, 7) is 0.906. The van der Waals surface area contributed by atoms with Crippen molar-refractivity contribution in [3.05, 3.63) is 35.1 Å². The average molecular weight is 345 g/mol. The largest absolute Gasteiger partial charge is 0.487 e. The van der Waals surface area contributed by atoms with Crippen molar-refractivity contribution in [3.8, 4) is 0 Å². The van der Waals surface area contributed by atoms with Gasteiger partial charge in [-0.15, -0.1) is 0 Å². The van der Waals surface area contributed by atoms with Crippen molar-refractivity contribution in [1.82, 2.24) is 4.90 Å². The summed E-state index contributed by atoms with van der Waals surface area (Å²) >= 11 is 0. The number of aliphatic carboxylic acids is 1. The number of rotatable bonds is 2. The van der Waals surface area contributed by atoms with Gasteiger partial charge in [0.25, 0.3) is 0 Å². The molecule has 5 aliphatic rings. The summed E-state index contributed by atoms with van der Waals surface area (Å²) in [5.41, 5.74) is 0.294. The summed E-state index contributed by atoms with van der Waals surface area (Å²) in [7, 11) is 2.14. The monoisotopic (exact) mass is 345 g/mol. The average Bonchev–Trinajstić information content (AvgIpc) is 2.90. The van der Waals surface area contributed by atoms with Crippen LogP contribution in [-0.4, -0.2) is 63.6 Å². The van der Waals surface area contributed by atoms with Crippen molar-refractivity contribution >= 4 is 5.97 Å². The zero-order valence-electron chi connectivity index (χ0n) is 14.2. The number of piperidine rings is 1. The highest BCUT2D eigenvalue weighted by Crippen LogP contribution is 2.66. The lowest BCUT2D eigenvalue weighted by Gasteiger charge is -2.58. The van der Waals surface area contributed by atoms with Crippen LogP contribution in [0.5, 0.6) is 0 Å². The second kappa shape index (κ2) is 4.75. The van der Waals surface area contributed by atoms with Gasteiger partial charge in [0.15, 0.2) is 0 Å². The van der Waals surface area contributed by atoms with Crippen molar-refractivity contribution < 1.29 is 24.9 Å². The van der Waals surface area contributed by atoms with Gasteiger partial charge in [0.2, 0.25) is 0 Å². The Morgan fingerprint density at radius 1 is 1.44 bits per heavy atom. The molecule has 6 nitrogen and oxygen atoms in total. The molecule has 2 fully saturated rings. The maximum atomic E-state index is 11.3. The number of aliphatic hydroxyl groups is 2. The fourth-order valence-electron chi connectivity index (χ4n) is 5.96. The summed E-state index contributed by atoms with van der Waals surface area (Å²) in [6.07, 6.45) is 6.34. The van der Waals surface area contributed by atoms with Crippen LogP contribution in [0, 0.1) is 11.3 Å². The molecule has 1 saturated carbocycles. The topological polar surface area (TPSA) is 90.2 Å². The van der Waals surface area contributed by atoms with E-state index in [2.05, 4.69) is 18.0 Å². The Bertz CT molecular complexity index is 755. The van der Waals surface area contributed by atoms with Gasteiger partial charge < -0.3 is 25.0 Å². The van der Waals surface area contributed by atoms with Crippen LogP contribution < -0.4 is 0 Å². The maximum Gasteiger partial charge on any atom is 0.306 e. The van der Waals surface area contributed by atoms with E-state index in [9.17, 15) is 20.1 Å². The number of carboxylic acids is 1. The lowest BCUT2D eigenvalue weighted by molar-refractivity contribution is -0.144. The molecule has 5 rings (SSSR count). The summed E-state index contributed by atoms with van der Waals surface area (Å²) in [5, 5.41) is 31.0. The molecule has 0 aromatic rings. The zero-order valence-corrected chi connectivity index (χ0v) is 14.2. The first-order valence-corrected chi connectivity index (χ1v) is 8.99. The predicted molar refractivity (Wildman–Crippen MR) is 88.5 cm³/mol. The minimum atomic E-state index is -1.52. The van der Waals surface area contributed by atoms with Gasteiger partial charge in [-0.25, -0.2) is 0 Å². The lowest BCUT2D eigenvalue weighted by Crippen LogP contribution is -2.62. The highest BCUT2D eigenvalue weighted by atomic mass is 16.5. The fourth-order valence-corrected chi connectivity index (χ4v) is 5.96. The predicted octanol–water partition coefficient (Wildman–Crippen LogP) is 0.816. The summed E-state index contributed by atoms with van der Waals surface area (Å²) < 4.78 is 6.20. The Labute approximate surface area is 146 Å². The molecule has 3 aliphatic carbocycles. The summed E-state index contributed by atoms with van der Waals surface area (Å²) in [4.78, 5) is 13.7. The van der Waals surface area contributed by atoms with Gasteiger partial charge in [-0.05, 0) is 32.0 Å². The summed E-state index contributed by atoms with van der Waals surface area (Å²) in [5.74, 6) is -0.416. The molecule has 6 atom stereocenters. The molecule has 0 amide bonds. The Balaban J connectivity index is 1.72. The smallest absolute Gasteiger partial charge is 0.306 e. The molecule has 1 unspecified atom stereocenters. The van der Waals surface area contributed by atoms with Gasteiger partial charge in [0.1, 0.15) is 23.6 Å². The SMILES string of the molecule is CN1CC[C@]23C4=C5O[C@H]2[C@@H](O)C=C[C@H]3[C@H]1CC4=CCC5(O)CC(=O)O. The van der Waals surface area contributed by atoms with Gasteiger partial charge in [-0.2, -0.15) is 0 Å². The van der Waals surface area contributed by atoms with E-state index in [1.165, 1.54) is 5.57 Å². The molecular weight excluding hydrogens is 322 g/mol. The number of ether oxygens (including phenoxy) is 1. The van der Waals surface area contributed by atoms with Crippen LogP contribution in [0.1, 0.15) is 25.7 Å². The lowest BCUT2D eigenvalue weighted by atomic mass is 9.51. The standard InChI is InChI=1S/C19H23NO5/c1-20-7-6-19-11-2-3-13(21)16(19)25-17-15(19)10(8-12(11)20)4-5-18(17,24)9-14(22)23/h2-4,11-13,16,21,24H,5-9H2,1H3,(H,22,23)/t11-,12+,13-,16-,18?,19-/m0/s1. The van der Waals surface area contributed by atoms with E-state index in [1.807, 2.05) is 12.2 Å². The van der Waals surface area contributed by atoms with E-state index in [0.29, 0.717) is 11.8 Å². The minimum absolute atomic E-state index is 0.219. The zero-order chi connectivity index (χ0) is 17.6. The molecule has 25 heavy (non-hydrogen) atoms. The first-order valence-electron chi connectivity index (χ1n) is 8.99. The third-order valence-electron chi connectivity index (χ3n) is 7.03. The third-order valence-corrected chi connectivity index (χ3v) is 7.03. The van der Waals surface area contributed by atoms with E-state index >= 15 is 0 Å². The molecule has 0 aromatic heterocycles. The Hall–Kier alpha value is -1.63. The van der Waals surface area contributed by atoms with Crippen LogP contribution in [0.4, 0.5) is 0 Å². The van der Waals surface area contributed by atoms with Crippen molar-refractivity contribution in [3.63, 3.8) is 0 Å². The maximum absolute atomic E-state index is 11.3. The van der Waals surface area contributed by atoms with E-state index in [4.69, 9.17) is 4.74 Å². The van der Waals surface area contributed by atoms with Crippen molar-refractivity contribution in [2.45, 2.75) is 49.5 Å². The first-order chi connectivity index (χ1) is 11.9. The highest BCUT2D eigenvalue weighted by molar-refractivity contribution is 5.70. The molecule has 0 radical (unpaired) electrons. The van der Waals surface area contributed by atoms with Gasteiger partial charge in [0, 0.05) is 29.4 Å². The molecule has 2 heterocycles. The Morgan fingerprint density at radius 3 is 3.00 bits per heavy atom. The van der Waals surface area contributed by atoms with Crippen LogP contribution in [0.3, 0.4) is 0 Å². The van der Waals surface area contributed by atoms with Crippen LogP contribution >= 0.6 is 0 Å². The van der Waals surface area contributed by atoms with Crippen LogP contribution in [0.2, 0.25) is 0 Å². The fraction of sp³-hybridized carbons (Fsp3) is 0.632. The van der Waals surface area contributed by atoms with Crippen LogP contribution in [-0.2, 0) is 9.53 Å². The Morgan fingerprint density at radius 2 is 2.24 bits per heavy atom. The summed E-state index contributed by atoms with van der Waals surface area (Å²) in [6, 6.07) is 0.351. The highest BCUT2D eigenvalue weighted by Gasteiger charge is 2.67. The number of aliphatic hydroxyl groups excluding tert-OH is 1. The second-order valence-electron chi connectivity index (χ2n) is 8.22. The van der Waals surface area contributed by atoms with Gasteiger partial charge in [0.05, 0.1) is 6.42 Å². The van der Waals surface area contributed by atoms with Gasteiger partial charge in [-0.3, -0.25) is 4.79 Å². The molecule has 6 heteroatoms. The molecule has 3 N–H and O–H groups in total. The third kappa shape index (κ3) is 1.77. The molecule has 134 valence electrons. The molecule has 1 spiro atoms. The van der Waals surface area contributed by atoms with E-state index in [1.54, 1.807) is 0 Å². The number of carboxylic acid groups (broad SMARTS) is 1. The van der Waals surface area contributed by atoms with Crippen molar-refractivity contribution in [2.24, 2.45) is 11.3 Å². The Kier molecular flexibility index (Phi) is 2.97. The number of nitrogens with zero attached hydrogens (tertiary/aromatic N) is 1. The first kappa shape index (κ1) is 15.6. The van der Waals surface area contributed by atoms with Crippen LogP contribution in [0.25, 0.3) is 0 Å². The normalized spacial score (nSPS) is 47.2. The second-order valence-corrected chi connectivity index (χ2v) is 8.22. The molecular formula is C19H23NO5. The quantitative estimate of drug-likeness (QED) is 0.642. The molecule has 2 bridgehead atoms. The van der Waals surface area contributed by atoms with Crippen LogP contribution in [0.15, 0.2) is 35.1 Å². The molecule has 2 aliphatic heterocycles. The van der Waals surface area contributed by atoms with Crippen molar-refractivity contribution in [2.75, 3.05) is 13.6 Å². The number of hydrogen-bond donors (Lipinski definition) is 3. The molecule has 1 saturated heterocycles. The van der Waals surface area contributed by atoms with Gasteiger partial charge >= 0.3 is 5.97 Å². The number of carbonyl (C=O) groups is 1. The van der Waals surface area contributed by atoms with E-state index < -0.39 is 23.8 Å². The number of hydrogen-bond acceptors (Lipinski definition) is 5. The molecule has 0 aromatic carbocycles. The number of likely N-dealkylation sites (tertiary alicyclic amines) is 1. The minimum Gasteiger partial charge on any atom is -0.487 e. The van der Waals surface area contributed by atoms with Crippen molar-refractivity contribution in [1.29, 1.82) is 0 Å². The van der Waals surface area contributed by atoms with E-state index in [-0.39, 0.29) is 24.2 Å². The van der Waals surface area contributed by atoms with Gasteiger partial charge in [-0.1, -0.05) is 18.2 Å². The van der Waals surface area contributed by atoms with E-state index in [0.717, 1.165) is 25.0 Å².